The Hall–Kier alpha value is -1.78. The van der Waals surface area contributed by atoms with Crippen molar-refractivity contribution in [1.29, 1.82) is 0 Å². The second-order valence-corrected chi connectivity index (χ2v) is 5.17. The Morgan fingerprint density at radius 3 is 2.76 bits per heavy atom. The van der Waals surface area contributed by atoms with E-state index >= 15 is 0 Å². The van der Waals surface area contributed by atoms with E-state index in [2.05, 4.69) is 5.32 Å². The van der Waals surface area contributed by atoms with Gasteiger partial charge in [-0.25, -0.2) is 4.39 Å². The van der Waals surface area contributed by atoms with Crippen molar-refractivity contribution in [2.75, 3.05) is 20.3 Å². The topological polar surface area (TPSA) is 30.5 Å². The predicted molar refractivity (Wildman–Crippen MR) is 79.7 cm³/mol. The van der Waals surface area contributed by atoms with Crippen molar-refractivity contribution in [3.05, 3.63) is 58.4 Å². The third kappa shape index (κ3) is 2.69. The summed E-state index contributed by atoms with van der Waals surface area (Å²) in [7, 11) is 1.80. The second kappa shape index (κ2) is 5.92. The first-order valence-corrected chi connectivity index (χ1v) is 7.09. The maximum atomic E-state index is 13.6. The molecule has 1 atom stereocenters. The lowest BCUT2D eigenvalue weighted by molar-refractivity contribution is 0.169. The highest BCUT2D eigenvalue weighted by Crippen LogP contribution is 2.40. The summed E-state index contributed by atoms with van der Waals surface area (Å²) in [6, 6.07) is 9.74. The Bertz CT molecular complexity index is 663. The summed E-state index contributed by atoms with van der Waals surface area (Å²) in [6.45, 7) is 1.03. The van der Waals surface area contributed by atoms with E-state index in [1.54, 1.807) is 13.1 Å². The smallest absolute Gasteiger partial charge is 0.166 e. The Balaban J connectivity index is 2.10. The lowest BCUT2D eigenvalue weighted by Gasteiger charge is -2.26. The zero-order valence-corrected chi connectivity index (χ0v) is 12.3. The van der Waals surface area contributed by atoms with Gasteiger partial charge in [0.15, 0.2) is 11.5 Å². The van der Waals surface area contributed by atoms with Gasteiger partial charge < -0.3 is 14.8 Å². The van der Waals surface area contributed by atoms with Crippen LogP contribution in [0.15, 0.2) is 36.4 Å². The van der Waals surface area contributed by atoms with E-state index in [9.17, 15) is 4.39 Å². The third-order valence-electron chi connectivity index (χ3n) is 3.47. The van der Waals surface area contributed by atoms with Gasteiger partial charge in [-0.3, -0.25) is 0 Å². The minimum Gasteiger partial charge on any atom is -0.486 e. The standard InChI is InChI=1S/C16H15ClFNO2/c1-19-15(12-9-10(18)5-6-13(12)17)11-3-2-4-14-16(11)21-8-7-20-14/h2-6,9,15,19H,7-8H2,1H3. The molecule has 0 fully saturated rings. The fraction of sp³-hybridized carbons (Fsp3) is 0.250. The van der Waals surface area contributed by atoms with Gasteiger partial charge in [0.1, 0.15) is 19.0 Å². The van der Waals surface area contributed by atoms with Crippen molar-refractivity contribution in [2.45, 2.75) is 6.04 Å². The quantitative estimate of drug-likeness (QED) is 0.940. The fourth-order valence-corrected chi connectivity index (χ4v) is 2.76. The van der Waals surface area contributed by atoms with Gasteiger partial charge >= 0.3 is 0 Å². The van der Waals surface area contributed by atoms with Crippen molar-refractivity contribution < 1.29 is 13.9 Å². The first kappa shape index (κ1) is 14.2. The van der Waals surface area contributed by atoms with Crippen LogP contribution in [0.25, 0.3) is 0 Å². The summed E-state index contributed by atoms with van der Waals surface area (Å²) in [6.07, 6.45) is 0. The summed E-state index contributed by atoms with van der Waals surface area (Å²) < 4.78 is 24.9. The molecule has 2 aromatic carbocycles. The fourth-order valence-electron chi connectivity index (χ4n) is 2.54. The van der Waals surface area contributed by atoms with Crippen LogP contribution < -0.4 is 14.8 Å². The number of ether oxygens (including phenoxy) is 2. The zero-order chi connectivity index (χ0) is 14.8. The monoisotopic (exact) mass is 307 g/mol. The third-order valence-corrected chi connectivity index (χ3v) is 3.81. The van der Waals surface area contributed by atoms with Crippen LogP contribution in [0, 0.1) is 5.82 Å². The summed E-state index contributed by atoms with van der Waals surface area (Å²) in [5.41, 5.74) is 1.55. The molecule has 5 heteroatoms. The van der Waals surface area contributed by atoms with Gasteiger partial charge in [0.2, 0.25) is 0 Å². The number of para-hydroxylation sites is 1. The van der Waals surface area contributed by atoms with Gasteiger partial charge in [0.05, 0.1) is 6.04 Å². The maximum absolute atomic E-state index is 13.6. The summed E-state index contributed by atoms with van der Waals surface area (Å²) in [5.74, 6) is 1.06. The van der Waals surface area contributed by atoms with Crippen molar-refractivity contribution in [3.8, 4) is 11.5 Å². The molecule has 0 bridgehead atoms. The molecular formula is C16H15ClFNO2. The molecule has 0 saturated heterocycles. The van der Waals surface area contributed by atoms with Crippen molar-refractivity contribution in [1.82, 2.24) is 5.32 Å². The Morgan fingerprint density at radius 2 is 1.95 bits per heavy atom. The molecule has 1 aliphatic heterocycles. The molecule has 110 valence electrons. The molecule has 2 aromatic rings. The SMILES string of the molecule is CNC(c1cc(F)ccc1Cl)c1cccc2c1OCCO2. The Kier molecular flexibility index (Phi) is 3.99. The number of rotatable bonds is 3. The molecule has 0 aromatic heterocycles. The van der Waals surface area contributed by atoms with Crippen LogP contribution in [0.3, 0.4) is 0 Å². The van der Waals surface area contributed by atoms with E-state index in [1.165, 1.54) is 12.1 Å². The number of halogens is 2. The second-order valence-electron chi connectivity index (χ2n) is 4.76. The predicted octanol–water partition coefficient (Wildman–Crippen LogP) is 3.56. The summed E-state index contributed by atoms with van der Waals surface area (Å²) in [4.78, 5) is 0. The van der Waals surface area contributed by atoms with E-state index in [4.69, 9.17) is 21.1 Å². The highest BCUT2D eigenvalue weighted by Gasteiger charge is 2.24. The van der Waals surface area contributed by atoms with E-state index < -0.39 is 0 Å². The van der Waals surface area contributed by atoms with Gasteiger partial charge in [-0.1, -0.05) is 23.7 Å². The highest BCUT2D eigenvalue weighted by molar-refractivity contribution is 6.31. The number of hydrogen-bond donors (Lipinski definition) is 1. The minimum absolute atomic E-state index is 0.273. The average Bonchev–Trinajstić information content (AvgIpc) is 2.51. The number of nitrogens with one attached hydrogen (secondary N) is 1. The van der Waals surface area contributed by atoms with Crippen LogP contribution in [0.4, 0.5) is 4.39 Å². The van der Waals surface area contributed by atoms with Crippen LogP contribution >= 0.6 is 11.6 Å². The Labute approximate surface area is 127 Å². The van der Waals surface area contributed by atoms with Crippen LogP contribution in [0.2, 0.25) is 5.02 Å². The molecule has 0 spiro atoms. The van der Waals surface area contributed by atoms with Crippen molar-refractivity contribution in [2.24, 2.45) is 0 Å². The molecule has 3 rings (SSSR count). The first-order chi connectivity index (χ1) is 10.2. The van der Waals surface area contributed by atoms with Gasteiger partial charge in [-0.05, 0) is 36.9 Å². The molecule has 0 amide bonds. The summed E-state index contributed by atoms with van der Waals surface area (Å²) >= 11 is 6.22. The number of benzene rings is 2. The largest absolute Gasteiger partial charge is 0.486 e. The lowest BCUT2D eigenvalue weighted by Crippen LogP contribution is -2.22. The molecule has 1 N–H and O–H groups in total. The molecule has 0 aliphatic carbocycles. The normalized spacial score (nSPS) is 14.8. The van der Waals surface area contributed by atoms with Crippen LogP contribution in [-0.2, 0) is 0 Å². The summed E-state index contributed by atoms with van der Waals surface area (Å²) in [5, 5.41) is 3.67. The van der Waals surface area contributed by atoms with Gasteiger partial charge in [-0.15, -0.1) is 0 Å². The van der Waals surface area contributed by atoms with Crippen molar-refractivity contribution in [3.63, 3.8) is 0 Å². The first-order valence-electron chi connectivity index (χ1n) is 6.71. The Morgan fingerprint density at radius 1 is 1.14 bits per heavy atom. The van der Waals surface area contributed by atoms with Gasteiger partial charge in [-0.2, -0.15) is 0 Å². The van der Waals surface area contributed by atoms with Crippen molar-refractivity contribution >= 4 is 11.6 Å². The van der Waals surface area contributed by atoms with Crippen LogP contribution in [-0.4, -0.2) is 20.3 Å². The zero-order valence-electron chi connectivity index (χ0n) is 11.5. The number of fused-ring (bicyclic) bond motifs is 1. The molecule has 1 heterocycles. The minimum atomic E-state index is -0.323. The maximum Gasteiger partial charge on any atom is 0.166 e. The van der Waals surface area contributed by atoms with E-state index in [0.29, 0.717) is 35.3 Å². The molecule has 0 saturated carbocycles. The molecule has 1 aliphatic rings. The molecule has 0 radical (unpaired) electrons. The van der Waals surface area contributed by atoms with E-state index in [-0.39, 0.29) is 11.9 Å². The molecular weight excluding hydrogens is 293 g/mol. The molecule has 1 unspecified atom stereocenters. The van der Waals surface area contributed by atoms with E-state index in [1.807, 2.05) is 18.2 Å². The molecule has 3 nitrogen and oxygen atoms in total. The highest BCUT2D eigenvalue weighted by atomic mass is 35.5. The van der Waals surface area contributed by atoms with Gasteiger partial charge in [0.25, 0.3) is 0 Å². The van der Waals surface area contributed by atoms with Gasteiger partial charge in [0, 0.05) is 10.6 Å². The molecule has 21 heavy (non-hydrogen) atoms. The lowest BCUT2D eigenvalue weighted by atomic mass is 9.97. The van der Waals surface area contributed by atoms with Crippen LogP contribution in [0.5, 0.6) is 11.5 Å². The number of hydrogen-bond acceptors (Lipinski definition) is 3. The van der Waals surface area contributed by atoms with E-state index in [0.717, 1.165) is 5.56 Å². The average molecular weight is 308 g/mol. The van der Waals surface area contributed by atoms with Crippen LogP contribution in [0.1, 0.15) is 17.2 Å².